The Labute approximate surface area is 135 Å². The molecule has 3 rings (SSSR count). The highest BCUT2D eigenvalue weighted by atomic mass is 16.7. The van der Waals surface area contributed by atoms with Gasteiger partial charge in [0.2, 0.25) is 6.79 Å². The zero-order chi connectivity index (χ0) is 16.7. The number of benzene rings is 1. The first-order valence-corrected chi connectivity index (χ1v) is 7.87. The molecule has 1 fully saturated rings. The van der Waals surface area contributed by atoms with Crippen LogP contribution < -0.4 is 9.47 Å². The van der Waals surface area contributed by atoms with Gasteiger partial charge in [0.1, 0.15) is 5.60 Å². The number of carbonyl (C=O) groups excluding carboxylic acids is 1. The molecule has 6 nitrogen and oxygen atoms in total. The van der Waals surface area contributed by atoms with E-state index < -0.39 is 11.2 Å². The van der Waals surface area contributed by atoms with Crippen LogP contribution in [0.5, 0.6) is 11.5 Å². The van der Waals surface area contributed by atoms with Crippen LogP contribution in [-0.2, 0) is 10.3 Å². The van der Waals surface area contributed by atoms with E-state index >= 15 is 0 Å². The summed E-state index contributed by atoms with van der Waals surface area (Å²) in [4.78, 5) is 13.7. The SMILES string of the molecule is CC(C)(C)OC(=O)N1CCC(O)(c2ccc3c(c2)OCO3)CC1. The van der Waals surface area contributed by atoms with Gasteiger partial charge in [-0.25, -0.2) is 4.79 Å². The van der Waals surface area contributed by atoms with Gasteiger partial charge in [0.05, 0.1) is 5.60 Å². The maximum absolute atomic E-state index is 12.1. The lowest BCUT2D eigenvalue weighted by atomic mass is 9.84. The number of aliphatic hydroxyl groups is 1. The van der Waals surface area contributed by atoms with E-state index in [0.717, 1.165) is 5.56 Å². The largest absolute Gasteiger partial charge is 0.454 e. The van der Waals surface area contributed by atoms with Crippen LogP contribution in [0.3, 0.4) is 0 Å². The second-order valence-electron chi connectivity index (χ2n) is 7.07. The average Bonchev–Trinajstić information content (AvgIpc) is 2.93. The van der Waals surface area contributed by atoms with Crippen LogP contribution in [0.1, 0.15) is 39.2 Å². The Morgan fingerprint density at radius 1 is 1.22 bits per heavy atom. The quantitative estimate of drug-likeness (QED) is 0.861. The van der Waals surface area contributed by atoms with Crippen LogP contribution in [-0.4, -0.2) is 41.6 Å². The summed E-state index contributed by atoms with van der Waals surface area (Å²) in [5, 5.41) is 10.9. The third-order valence-electron chi connectivity index (χ3n) is 4.15. The van der Waals surface area contributed by atoms with Gasteiger partial charge in [0.25, 0.3) is 0 Å². The summed E-state index contributed by atoms with van der Waals surface area (Å²) in [7, 11) is 0. The fraction of sp³-hybridized carbons (Fsp3) is 0.588. The Morgan fingerprint density at radius 2 is 1.87 bits per heavy atom. The molecule has 0 aromatic heterocycles. The molecule has 2 aliphatic heterocycles. The summed E-state index contributed by atoms with van der Waals surface area (Å²) in [5.74, 6) is 1.36. The van der Waals surface area contributed by atoms with Gasteiger partial charge in [0.15, 0.2) is 11.5 Å². The molecule has 2 aliphatic rings. The molecular weight excluding hydrogens is 298 g/mol. The molecule has 0 bridgehead atoms. The summed E-state index contributed by atoms with van der Waals surface area (Å²) < 4.78 is 16.0. The van der Waals surface area contributed by atoms with Crippen molar-refractivity contribution in [2.45, 2.75) is 44.8 Å². The number of hydrogen-bond acceptors (Lipinski definition) is 5. The van der Waals surface area contributed by atoms with Gasteiger partial charge < -0.3 is 24.2 Å². The van der Waals surface area contributed by atoms with Gasteiger partial charge in [-0.3, -0.25) is 0 Å². The molecule has 0 aliphatic carbocycles. The van der Waals surface area contributed by atoms with Crippen molar-refractivity contribution in [3.05, 3.63) is 23.8 Å². The van der Waals surface area contributed by atoms with Crippen molar-refractivity contribution in [1.82, 2.24) is 4.90 Å². The Kier molecular flexibility index (Phi) is 3.88. The molecule has 1 aromatic carbocycles. The van der Waals surface area contributed by atoms with E-state index in [2.05, 4.69) is 0 Å². The second kappa shape index (κ2) is 5.60. The van der Waals surface area contributed by atoms with Crippen molar-refractivity contribution in [2.75, 3.05) is 19.9 Å². The number of hydrogen-bond donors (Lipinski definition) is 1. The first-order chi connectivity index (χ1) is 10.8. The van der Waals surface area contributed by atoms with Gasteiger partial charge in [-0.05, 0) is 51.3 Å². The summed E-state index contributed by atoms with van der Waals surface area (Å²) in [6.07, 6.45) is 0.600. The van der Waals surface area contributed by atoms with Crippen LogP contribution >= 0.6 is 0 Å². The highest BCUT2D eigenvalue weighted by molar-refractivity contribution is 5.68. The van der Waals surface area contributed by atoms with E-state index in [9.17, 15) is 9.90 Å². The maximum Gasteiger partial charge on any atom is 0.410 e. The van der Waals surface area contributed by atoms with Gasteiger partial charge in [-0.1, -0.05) is 6.07 Å². The van der Waals surface area contributed by atoms with Crippen LogP contribution in [0.4, 0.5) is 4.79 Å². The van der Waals surface area contributed by atoms with Crippen molar-refractivity contribution in [3.8, 4) is 11.5 Å². The number of likely N-dealkylation sites (tertiary alicyclic amines) is 1. The van der Waals surface area contributed by atoms with E-state index in [1.165, 1.54) is 0 Å². The standard InChI is InChI=1S/C17H23NO5/c1-16(2,3)23-15(19)18-8-6-17(20,7-9-18)12-4-5-13-14(10-12)22-11-21-13/h4-5,10,20H,6-9,11H2,1-3H3. The maximum atomic E-state index is 12.1. The monoisotopic (exact) mass is 321 g/mol. The van der Waals surface area contributed by atoms with Crippen LogP contribution in [0, 0.1) is 0 Å². The molecule has 0 unspecified atom stereocenters. The van der Waals surface area contributed by atoms with Crippen molar-refractivity contribution in [3.63, 3.8) is 0 Å². The summed E-state index contributed by atoms with van der Waals surface area (Å²) in [5.41, 5.74) is -0.674. The number of rotatable bonds is 1. The average molecular weight is 321 g/mol. The van der Waals surface area contributed by atoms with Gasteiger partial charge in [0, 0.05) is 13.1 Å². The van der Waals surface area contributed by atoms with Gasteiger partial charge in [-0.2, -0.15) is 0 Å². The minimum atomic E-state index is -0.959. The lowest BCUT2D eigenvalue weighted by Gasteiger charge is -2.38. The van der Waals surface area contributed by atoms with Crippen molar-refractivity contribution in [1.29, 1.82) is 0 Å². The molecule has 1 saturated heterocycles. The molecule has 6 heteroatoms. The Balaban J connectivity index is 1.66. The van der Waals surface area contributed by atoms with Crippen molar-refractivity contribution < 1.29 is 24.1 Å². The lowest BCUT2D eigenvalue weighted by molar-refractivity contribution is -0.0357. The zero-order valence-corrected chi connectivity index (χ0v) is 13.8. The molecule has 23 heavy (non-hydrogen) atoms. The molecule has 2 heterocycles. The molecule has 0 radical (unpaired) electrons. The topological polar surface area (TPSA) is 68.2 Å². The Morgan fingerprint density at radius 3 is 2.52 bits per heavy atom. The molecule has 0 saturated carbocycles. The molecular formula is C17H23NO5. The normalized spacial score (nSPS) is 19.6. The van der Waals surface area contributed by atoms with Crippen LogP contribution in [0.2, 0.25) is 0 Å². The highest BCUT2D eigenvalue weighted by Gasteiger charge is 2.37. The van der Waals surface area contributed by atoms with Crippen molar-refractivity contribution >= 4 is 6.09 Å². The van der Waals surface area contributed by atoms with Gasteiger partial charge in [-0.15, -0.1) is 0 Å². The first-order valence-electron chi connectivity index (χ1n) is 7.87. The number of carbonyl (C=O) groups is 1. The third kappa shape index (κ3) is 3.37. The number of amides is 1. The predicted molar refractivity (Wildman–Crippen MR) is 83.5 cm³/mol. The molecule has 0 atom stereocenters. The van der Waals surface area contributed by atoms with E-state index in [-0.39, 0.29) is 12.9 Å². The highest BCUT2D eigenvalue weighted by Crippen LogP contribution is 2.39. The Hall–Kier alpha value is -1.95. The Bertz CT molecular complexity index is 599. The molecule has 1 amide bonds. The lowest BCUT2D eigenvalue weighted by Crippen LogP contribution is -2.46. The van der Waals surface area contributed by atoms with E-state index in [1.807, 2.05) is 39.0 Å². The van der Waals surface area contributed by atoms with Crippen molar-refractivity contribution in [2.24, 2.45) is 0 Å². The fourth-order valence-corrected chi connectivity index (χ4v) is 2.86. The first kappa shape index (κ1) is 15.9. The van der Waals surface area contributed by atoms with E-state index in [1.54, 1.807) is 4.90 Å². The molecule has 1 N–H and O–H groups in total. The number of ether oxygens (including phenoxy) is 3. The van der Waals surface area contributed by atoms with Gasteiger partial charge >= 0.3 is 6.09 Å². The number of fused-ring (bicyclic) bond motifs is 1. The number of nitrogens with zero attached hydrogens (tertiary/aromatic N) is 1. The van der Waals surface area contributed by atoms with E-state index in [4.69, 9.17) is 14.2 Å². The molecule has 1 aromatic rings. The molecule has 0 spiro atoms. The predicted octanol–water partition coefficient (Wildman–Crippen LogP) is 2.63. The third-order valence-corrected chi connectivity index (χ3v) is 4.15. The van der Waals surface area contributed by atoms with E-state index in [0.29, 0.717) is 37.4 Å². The zero-order valence-electron chi connectivity index (χ0n) is 13.8. The fourth-order valence-electron chi connectivity index (χ4n) is 2.86. The summed E-state index contributed by atoms with van der Waals surface area (Å²) in [6.45, 7) is 6.66. The minimum Gasteiger partial charge on any atom is -0.454 e. The molecule has 126 valence electrons. The summed E-state index contributed by atoms with van der Waals surface area (Å²) >= 11 is 0. The van der Waals surface area contributed by atoms with Crippen LogP contribution in [0.25, 0.3) is 0 Å². The summed E-state index contributed by atoms with van der Waals surface area (Å²) in [6, 6.07) is 5.50. The minimum absolute atomic E-state index is 0.212. The number of piperidine rings is 1. The second-order valence-corrected chi connectivity index (χ2v) is 7.07. The smallest absolute Gasteiger partial charge is 0.410 e. The van der Waals surface area contributed by atoms with Crippen LogP contribution in [0.15, 0.2) is 18.2 Å².